The first-order valence-corrected chi connectivity index (χ1v) is 9.59. The molecule has 0 fully saturated rings. The molecular formula is C19H21F3N7O2+. The largest absolute Gasteiger partial charge is 0.394 e. The Morgan fingerprint density at radius 1 is 1.23 bits per heavy atom. The number of aliphatic hydroxyl groups excluding tert-OH is 2. The third-order valence-corrected chi connectivity index (χ3v) is 4.90. The second kappa shape index (κ2) is 8.21. The zero-order chi connectivity index (χ0) is 22.2. The normalized spacial score (nSPS) is 18.5. The minimum absolute atomic E-state index is 0.126. The summed E-state index contributed by atoms with van der Waals surface area (Å²) in [5.41, 5.74) is 3.03. The molecule has 0 aliphatic carbocycles. The smallest absolute Gasteiger partial charge is 0.394 e. The summed E-state index contributed by atoms with van der Waals surface area (Å²) >= 11 is 0. The molecule has 0 saturated heterocycles. The molecule has 0 radical (unpaired) electrons. The van der Waals surface area contributed by atoms with Crippen molar-refractivity contribution >= 4 is 17.3 Å². The Morgan fingerprint density at radius 3 is 2.77 bits per heavy atom. The molecule has 164 valence electrons. The SMILES string of the molecule is CC(CC(F)(F)F)[NH+]1C=C(c2nc(-c3cnn(CC(O)CO)c3)cn3nccc23)C=N1. The van der Waals surface area contributed by atoms with Gasteiger partial charge in [0.05, 0.1) is 67.3 Å². The Hall–Kier alpha value is -3.09. The molecule has 4 heterocycles. The Balaban J connectivity index is 1.66. The lowest BCUT2D eigenvalue weighted by molar-refractivity contribution is -0.878. The van der Waals surface area contributed by atoms with Gasteiger partial charge in [-0.25, -0.2) is 9.50 Å². The van der Waals surface area contributed by atoms with Crippen molar-refractivity contribution in [3.05, 3.63) is 42.7 Å². The van der Waals surface area contributed by atoms with Crippen LogP contribution < -0.4 is 5.01 Å². The summed E-state index contributed by atoms with van der Waals surface area (Å²) in [5.74, 6) is 0. The summed E-state index contributed by atoms with van der Waals surface area (Å²) in [6, 6.07) is 0.993. The summed E-state index contributed by atoms with van der Waals surface area (Å²) in [5, 5.41) is 31.5. The molecule has 0 amide bonds. The molecular weight excluding hydrogens is 415 g/mol. The minimum Gasteiger partial charge on any atom is -0.394 e. The zero-order valence-electron chi connectivity index (χ0n) is 16.5. The Bertz CT molecular complexity index is 1140. The van der Waals surface area contributed by atoms with Crippen molar-refractivity contribution in [3.8, 4) is 11.3 Å². The average Bonchev–Trinajstić information content (AvgIpc) is 3.45. The fraction of sp³-hybridized carbons (Fsp3) is 0.368. The lowest BCUT2D eigenvalue weighted by Crippen LogP contribution is -3.06. The average molecular weight is 436 g/mol. The molecule has 0 bridgehead atoms. The molecule has 3 N–H and O–H groups in total. The van der Waals surface area contributed by atoms with Crippen molar-refractivity contribution in [1.29, 1.82) is 0 Å². The quantitative estimate of drug-likeness (QED) is 0.501. The van der Waals surface area contributed by atoms with Gasteiger partial charge in [0, 0.05) is 11.8 Å². The summed E-state index contributed by atoms with van der Waals surface area (Å²) in [4.78, 5) is 4.69. The highest BCUT2D eigenvalue weighted by molar-refractivity contribution is 6.11. The van der Waals surface area contributed by atoms with E-state index in [2.05, 4.69) is 20.3 Å². The predicted octanol–water partition coefficient (Wildman–Crippen LogP) is 0.512. The number of alkyl halides is 3. The highest BCUT2D eigenvalue weighted by Crippen LogP contribution is 2.24. The number of hydrogen-bond acceptors (Lipinski definition) is 6. The van der Waals surface area contributed by atoms with E-state index in [0.717, 1.165) is 0 Å². The third-order valence-electron chi connectivity index (χ3n) is 4.90. The minimum atomic E-state index is -4.26. The number of fused-ring (bicyclic) bond motifs is 1. The fourth-order valence-electron chi connectivity index (χ4n) is 3.38. The number of nitrogens with one attached hydrogen (secondary N) is 1. The second-order valence-electron chi connectivity index (χ2n) is 7.43. The van der Waals surface area contributed by atoms with E-state index < -0.39 is 24.7 Å². The van der Waals surface area contributed by atoms with E-state index in [0.29, 0.717) is 33.1 Å². The van der Waals surface area contributed by atoms with Gasteiger partial charge in [-0.2, -0.15) is 28.4 Å². The number of aliphatic hydroxyl groups is 2. The van der Waals surface area contributed by atoms with E-state index in [1.54, 1.807) is 41.6 Å². The van der Waals surface area contributed by atoms with Gasteiger partial charge in [0.25, 0.3) is 0 Å². The number of nitrogens with zero attached hydrogens (tertiary/aromatic N) is 6. The molecule has 3 aromatic heterocycles. The van der Waals surface area contributed by atoms with Gasteiger partial charge >= 0.3 is 6.18 Å². The van der Waals surface area contributed by atoms with Crippen LogP contribution in [0.2, 0.25) is 0 Å². The second-order valence-corrected chi connectivity index (χ2v) is 7.43. The van der Waals surface area contributed by atoms with Gasteiger partial charge in [0.15, 0.2) is 0 Å². The maximum absolute atomic E-state index is 12.7. The predicted molar refractivity (Wildman–Crippen MR) is 105 cm³/mol. The van der Waals surface area contributed by atoms with Crippen LogP contribution in [0.4, 0.5) is 13.2 Å². The van der Waals surface area contributed by atoms with Crippen LogP contribution in [0.1, 0.15) is 19.0 Å². The van der Waals surface area contributed by atoms with Crippen molar-refractivity contribution in [1.82, 2.24) is 24.4 Å². The fourth-order valence-corrected chi connectivity index (χ4v) is 3.38. The van der Waals surface area contributed by atoms with Gasteiger partial charge in [0.1, 0.15) is 17.9 Å². The summed E-state index contributed by atoms with van der Waals surface area (Å²) < 4.78 is 41.4. The van der Waals surface area contributed by atoms with Crippen molar-refractivity contribution in [3.63, 3.8) is 0 Å². The van der Waals surface area contributed by atoms with E-state index in [1.807, 2.05) is 0 Å². The Kier molecular flexibility index (Phi) is 5.60. The van der Waals surface area contributed by atoms with E-state index in [-0.39, 0.29) is 13.2 Å². The lowest BCUT2D eigenvalue weighted by Gasteiger charge is -2.15. The van der Waals surface area contributed by atoms with Crippen LogP contribution in [0.25, 0.3) is 22.3 Å². The topological polar surface area (TPSA) is 105 Å². The molecule has 3 atom stereocenters. The van der Waals surface area contributed by atoms with Gasteiger partial charge < -0.3 is 10.2 Å². The maximum atomic E-state index is 12.7. The Labute approximate surface area is 174 Å². The van der Waals surface area contributed by atoms with E-state index >= 15 is 0 Å². The number of hydrogen-bond donors (Lipinski definition) is 3. The van der Waals surface area contributed by atoms with E-state index in [1.165, 1.54) is 17.8 Å². The molecule has 0 aromatic carbocycles. The molecule has 4 rings (SSSR count). The number of quaternary nitrogens is 1. The molecule has 9 nitrogen and oxygen atoms in total. The first-order valence-electron chi connectivity index (χ1n) is 9.59. The van der Waals surface area contributed by atoms with Crippen LogP contribution >= 0.6 is 0 Å². The van der Waals surface area contributed by atoms with Crippen LogP contribution in [0.5, 0.6) is 0 Å². The van der Waals surface area contributed by atoms with Gasteiger partial charge in [-0.05, 0) is 13.0 Å². The first-order chi connectivity index (χ1) is 14.7. The van der Waals surface area contributed by atoms with Crippen LogP contribution in [-0.2, 0) is 6.54 Å². The number of rotatable bonds is 7. The monoisotopic (exact) mass is 436 g/mol. The standard InChI is InChI=1S/C19H20F3N7O2/c1-12(4-19(20,21)22)28-8-14(6-25-28)18-17-2-3-23-29(17)10-16(26-18)13-5-24-27(7-13)9-15(31)11-30/h2-3,5-8,10,12,15,30-31H,4,9,11H2,1H3/p+1. The van der Waals surface area contributed by atoms with Crippen LogP contribution in [0.15, 0.2) is 42.2 Å². The maximum Gasteiger partial charge on any atom is 0.394 e. The lowest BCUT2D eigenvalue weighted by atomic mass is 10.1. The van der Waals surface area contributed by atoms with Crippen molar-refractivity contribution in [2.75, 3.05) is 6.61 Å². The number of allylic oxidation sites excluding steroid dienone is 1. The van der Waals surface area contributed by atoms with Gasteiger partial charge in [0.2, 0.25) is 0 Å². The van der Waals surface area contributed by atoms with E-state index in [4.69, 9.17) is 5.11 Å². The highest BCUT2D eigenvalue weighted by Gasteiger charge is 2.36. The molecule has 12 heteroatoms. The zero-order valence-corrected chi connectivity index (χ0v) is 16.5. The van der Waals surface area contributed by atoms with Crippen LogP contribution in [0, 0.1) is 0 Å². The summed E-state index contributed by atoms with van der Waals surface area (Å²) in [6.45, 7) is 1.24. The molecule has 0 saturated carbocycles. The van der Waals surface area contributed by atoms with Crippen LogP contribution in [-0.4, -0.2) is 65.7 Å². The first kappa shape index (κ1) is 21.2. The molecule has 0 spiro atoms. The Morgan fingerprint density at radius 2 is 2.03 bits per heavy atom. The summed E-state index contributed by atoms with van der Waals surface area (Å²) in [6.07, 6.45) is 3.57. The molecule has 1 aliphatic rings. The molecule has 31 heavy (non-hydrogen) atoms. The summed E-state index contributed by atoms with van der Waals surface area (Å²) in [7, 11) is 0. The van der Waals surface area contributed by atoms with E-state index in [9.17, 15) is 18.3 Å². The number of aromatic nitrogens is 5. The van der Waals surface area contributed by atoms with Crippen molar-refractivity contribution in [2.45, 2.75) is 38.2 Å². The van der Waals surface area contributed by atoms with Crippen LogP contribution in [0.3, 0.4) is 0 Å². The van der Waals surface area contributed by atoms with Crippen molar-refractivity contribution < 1.29 is 28.4 Å². The third kappa shape index (κ3) is 4.65. The molecule has 3 unspecified atom stereocenters. The van der Waals surface area contributed by atoms with Gasteiger partial charge in [-0.15, -0.1) is 0 Å². The van der Waals surface area contributed by atoms with Gasteiger partial charge in [-0.3, -0.25) is 4.68 Å². The molecule has 3 aromatic rings. The number of halogens is 3. The van der Waals surface area contributed by atoms with Gasteiger partial charge in [-0.1, -0.05) is 5.10 Å². The highest BCUT2D eigenvalue weighted by atomic mass is 19.4. The van der Waals surface area contributed by atoms with Crippen molar-refractivity contribution in [2.24, 2.45) is 5.10 Å². The molecule has 1 aliphatic heterocycles.